The van der Waals surface area contributed by atoms with Crippen LogP contribution in [0.4, 0.5) is 0 Å². The highest BCUT2D eigenvalue weighted by molar-refractivity contribution is 5.62. The molecule has 1 aliphatic rings. The van der Waals surface area contributed by atoms with Crippen molar-refractivity contribution < 1.29 is 0 Å². The molecule has 1 unspecified atom stereocenters. The minimum Gasteiger partial charge on any atom is -0.266 e. The topological polar surface area (TPSA) is 12.4 Å². The van der Waals surface area contributed by atoms with Gasteiger partial charge in [-0.3, -0.25) is 4.99 Å². The van der Waals surface area contributed by atoms with Gasteiger partial charge in [0, 0.05) is 11.9 Å². The van der Waals surface area contributed by atoms with E-state index in [0.29, 0.717) is 5.92 Å². The van der Waals surface area contributed by atoms with Crippen molar-refractivity contribution in [3.8, 4) is 0 Å². The maximum atomic E-state index is 4.42. The van der Waals surface area contributed by atoms with Crippen LogP contribution in [0.2, 0.25) is 0 Å². The first kappa shape index (κ1) is 10.5. The number of allylic oxidation sites excluding steroid dienone is 2. The van der Waals surface area contributed by atoms with Gasteiger partial charge in [-0.05, 0) is 36.7 Å². The molecule has 13 heavy (non-hydrogen) atoms. The zero-order chi connectivity index (χ0) is 10.0. The molecule has 0 fully saturated rings. The summed E-state index contributed by atoms with van der Waals surface area (Å²) in [6, 6.07) is 0. The van der Waals surface area contributed by atoms with E-state index in [4.69, 9.17) is 0 Å². The SMILES string of the molecule is CC1=C(C(C)C)C(C(C)C)CC=N1. The van der Waals surface area contributed by atoms with Crippen molar-refractivity contribution in [1.29, 1.82) is 0 Å². The fourth-order valence-electron chi connectivity index (χ4n) is 2.25. The highest BCUT2D eigenvalue weighted by Gasteiger charge is 2.23. The van der Waals surface area contributed by atoms with Gasteiger partial charge < -0.3 is 0 Å². The van der Waals surface area contributed by atoms with Gasteiger partial charge in [-0.1, -0.05) is 27.7 Å². The smallest absolute Gasteiger partial charge is 0.0366 e. The molecule has 1 atom stereocenters. The van der Waals surface area contributed by atoms with Gasteiger partial charge in [-0.25, -0.2) is 0 Å². The summed E-state index contributed by atoms with van der Waals surface area (Å²) in [5.41, 5.74) is 2.82. The van der Waals surface area contributed by atoms with Crippen molar-refractivity contribution in [1.82, 2.24) is 0 Å². The molecule has 0 aliphatic carbocycles. The van der Waals surface area contributed by atoms with E-state index in [-0.39, 0.29) is 0 Å². The van der Waals surface area contributed by atoms with E-state index < -0.39 is 0 Å². The van der Waals surface area contributed by atoms with Crippen LogP contribution in [0.25, 0.3) is 0 Å². The van der Waals surface area contributed by atoms with Gasteiger partial charge in [-0.15, -0.1) is 0 Å². The molecule has 0 N–H and O–H groups in total. The summed E-state index contributed by atoms with van der Waals surface area (Å²) in [5, 5.41) is 0. The average Bonchev–Trinajstić information content (AvgIpc) is 2.02. The van der Waals surface area contributed by atoms with Gasteiger partial charge in [0.25, 0.3) is 0 Å². The zero-order valence-electron chi connectivity index (χ0n) is 9.46. The molecule has 0 radical (unpaired) electrons. The van der Waals surface area contributed by atoms with Crippen LogP contribution in [0.5, 0.6) is 0 Å². The summed E-state index contributed by atoms with van der Waals surface area (Å²) < 4.78 is 0. The molecule has 0 bridgehead atoms. The fourth-order valence-corrected chi connectivity index (χ4v) is 2.25. The Hall–Kier alpha value is -0.590. The van der Waals surface area contributed by atoms with Gasteiger partial charge in [0.05, 0.1) is 0 Å². The van der Waals surface area contributed by atoms with Crippen LogP contribution in [0.1, 0.15) is 41.0 Å². The number of aliphatic imine (C=N–C) groups is 1. The van der Waals surface area contributed by atoms with Gasteiger partial charge >= 0.3 is 0 Å². The standard InChI is InChI=1S/C12H21N/c1-8(2)11-6-7-13-10(5)12(11)9(3)4/h7-9,11H,6H2,1-5H3. The summed E-state index contributed by atoms with van der Waals surface area (Å²) >= 11 is 0. The molecule has 1 heteroatoms. The van der Waals surface area contributed by atoms with Crippen molar-refractivity contribution >= 4 is 6.21 Å². The van der Waals surface area contributed by atoms with Crippen LogP contribution in [0.15, 0.2) is 16.3 Å². The lowest BCUT2D eigenvalue weighted by Gasteiger charge is -2.29. The van der Waals surface area contributed by atoms with Gasteiger partial charge in [0.15, 0.2) is 0 Å². The second kappa shape index (κ2) is 4.08. The Morgan fingerprint density at radius 3 is 2.31 bits per heavy atom. The van der Waals surface area contributed by atoms with E-state index >= 15 is 0 Å². The van der Waals surface area contributed by atoms with Crippen molar-refractivity contribution in [2.24, 2.45) is 22.7 Å². The molecule has 0 saturated heterocycles. The summed E-state index contributed by atoms with van der Waals surface area (Å²) in [6.07, 6.45) is 3.20. The van der Waals surface area contributed by atoms with E-state index in [1.807, 2.05) is 0 Å². The Bertz CT molecular complexity index is 234. The first-order chi connectivity index (χ1) is 6.04. The number of hydrogen-bond acceptors (Lipinski definition) is 1. The van der Waals surface area contributed by atoms with Crippen LogP contribution in [0.3, 0.4) is 0 Å². The molecule has 0 amide bonds. The van der Waals surface area contributed by atoms with E-state index in [0.717, 1.165) is 18.3 Å². The van der Waals surface area contributed by atoms with Crippen LogP contribution in [-0.4, -0.2) is 6.21 Å². The maximum absolute atomic E-state index is 4.42. The lowest BCUT2D eigenvalue weighted by atomic mass is 9.78. The van der Waals surface area contributed by atoms with Crippen molar-refractivity contribution in [2.45, 2.75) is 41.0 Å². The first-order valence-electron chi connectivity index (χ1n) is 5.27. The molecule has 0 aromatic rings. The van der Waals surface area contributed by atoms with Crippen LogP contribution in [-0.2, 0) is 0 Å². The van der Waals surface area contributed by atoms with Crippen molar-refractivity contribution in [2.75, 3.05) is 0 Å². The molecule has 1 nitrogen and oxygen atoms in total. The molecular formula is C12H21N. The van der Waals surface area contributed by atoms with Gasteiger partial charge in [0.2, 0.25) is 0 Å². The molecule has 0 aromatic carbocycles. The highest BCUT2D eigenvalue weighted by Crippen LogP contribution is 2.34. The Morgan fingerprint density at radius 1 is 1.31 bits per heavy atom. The Balaban J connectivity index is 2.96. The third-order valence-corrected chi connectivity index (χ3v) is 2.89. The molecule has 1 rings (SSSR count). The van der Waals surface area contributed by atoms with E-state index in [1.54, 1.807) is 5.57 Å². The summed E-state index contributed by atoms with van der Waals surface area (Å²) in [7, 11) is 0. The van der Waals surface area contributed by atoms with Crippen molar-refractivity contribution in [3.05, 3.63) is 11.3 Å². The monoisotopic (exact) mass is 179 g/mol. The second-order valence-electron chi connectivity index (χ2n) is 4.59. The minimum atomic E-state index is 0.643. The Morgan fingerprint density at radius 2 is 1.92 bits per heavy atom. The lowest BCUT2D eigenvalue weighted by molar-refractivity contribution is 0.416. The molecule has 1 aliphatic heterocycles. The number of rotatable bonds is 2. The van der Waals surface area contributed by atoms with E-state index in [9.17, 15) is 0 Å². The van der Waals surface area contributed by atoms with Crippen LogP contribution < -0.4 is 0 Å². The van der Waals surface area contributed by atoms with Gasteiger partial charge in [-0.2, -0.15) is 0 Å². The quantitative estimate of drug-likeness (QED) is 0.613. The average molecular weight is 179 g/mol. The number of nitrogens with zero attached hydrogens (tertiary/aromatic N) is 1. The molecule has 0 saturated carbocycles. The molecule has 74 valence electrons. The predicted molar refractivity (Wildman–Crippen MR) is 59.0 cm³/mol. The fraction of sp³-hybridized carbons (Fsp3) is 0.750. The molecule has 0 spiro atoms. The van der Waals surface area contributed by atoms with Gasteiger partial charge in [0.1, 0.15) is 0 Å². The summed E-state index contributed by atoms with van der Waals surface area (Å²) in [5.74, 6) is 2.10. The molecular weight excluding hydrogens is 158 g/mol. The normalized spacial score (nSPS) is 23.5. The highest BCUT2D eigenvalue weighted by atomic mass is 14.7. The minimum absolute atomic E-state index is 0.643. The lowest BCUT2D eigenvalue weighted by Crippen LogP contribution is -2.20. The predicted octanol–water partition coefficient (Wildman–Crippen LogP) is 3.66. The van der Waals surface area contributed by atoms with E-state index in [1.165, 1.54) is 5.70 Å². The molecule has 0 aromatic heterocycles. The first-order valence-corrected chi connectivity index (χ1v) is 5.27. The largest absolute Gasteiger partial charge is 0.266 e. The van der Waals surface area contributed by atoms with Crippen molar-refractivity contribution in [3.63, 3.8) is 0 Å². The van der Waals surface area contributed by atoms with Crippen LogP contribution in [0, 0.1) is 17.8 Å². The molecule has 1 heterocycles. The zero-order valence-corrected chi connectivity index (χ0v) is 9.46. The van der Waals surface area contributed by atoms with E-state index in [2.05, 4.69) is 45.8 Å². The summed E-state index contributed by atoms with van der Waals surface area (Å²) in [4.78, 5) is 4.42. The Labute approximate surface area is 82.0 Å². The number of hydrogen-bond donors (Lipinski definition) is 0. The van der Waals surface area contributed by atoms with Crippen LogP contribution >= 0.6 is 0 Å². The third kappa shape index (κ3) is 2.20. The summed E-state index contributed by atoms with van der Waals surface area (Å²) in [6.45, 7) is 11.3. The second-order valence-corrected chi connectivity index (χ2v) is 4.59. The third-order valence-electron chi connectivity index (χ3n) is 2.89. The Kier molecular flexibility index (Phi) is 3.29. The maximum Gasteiger partial charge on any atom is 0.0366 e.